The van der Waals surface area contributed by atoms with Crippen LogP contribution in [0.2, 0.25) is 5.02 Å². The van der Waals surface area contributed by atoms with Crippen LogP contribution in [0.25, 0.3) is 0 Å². The van der Waals surface area contributed by atoms with Crippen molar-refractivity contribution in [3.8, 4) is 0 Å². The maximum atomic E-state index is 11.3. The van der Waals surface area contributed by atoms with Gasteiger partial charge in [-0.1, -0.05) is 27.5 Å². The van der Waals surface area contributed by atoms with Crippen LogP contribution in [0.4, 0.5) is 0 Å². The van der Waals surface area contributed by atoms with Gasteiger partial charge in [0.25, 0.3) is 0 Å². The third-order valence-corrected chi connectivity index (χ3v) is 5.93. The number of hydrogen-bond acceptors (Lipinski definition) is 3. The maximum Gasteiger partial charge on any atom is 0.150 e. The van der Waals surface area contributed by atoms with Gasteiger partial charge in [-0.25, -0.2) is 8.42 Å². The van der Waals surface area contributed by atoms with Crippen LogP contribution < -0.4 is 5.32 Å². The lowest BCUT2D eigenvalue weighted by atomic mass is 10.1. The van der Waals surface area contributed by atoms with E-state index < -0.39 is 9.84 Å². The van der Waals surface area contributed by atoms with Gasteiger partial charge in [-0.15, -0.1) is 0 Å². The normalized spacial score (nSPS) is 22.2. The molecule has 0 spiro atoms. The molecule has 0 radical (unpaired) electrons. The molecule has 0 bridgehead atoms. The second-order valence-electron chi connectivity index (χ2n) is 4.64. The Kier molecular flexibility index (Phi) is 4.69. The highest BCUT2D eigenvalue weighted by atomic mass is 79.9. The topological polar surface area (TPSA) is 46.2 Å². The highest BCUT2D eigenvalue weighted by Crippen LogP contribution is 2.21. The summed E-state index contributed by atoms with van der Waals surface area (Å²) < 4.78 is 23.7. The largest absolute Gasteiger partial charge is 0.312 e. The summed E-state index contributed by atoms with van der Waals surface area (Å²) in [6.07, 6.45) is 0.770. The highest BCUT2D eigenvalue weighted by molar-refractivity contribution is 9.10. The van der Waals surface area contributed by atoms with E-state index in [1.807, 2.05) is 18.2 Å². The van der Waals surface area contributed by atoms with Crippen molar-refractivity contribution in [1.29, 1.82) is 0 Å². The van der Waals surface area contributed by atoms with Gasteiger partial charge in [0, 0.05) is 16.0 Å². The van der Waals surface area contributed by atoms with Gasteiger partial charge < -0.3 is 5.32 Å². The summed E-state index contributed by atoms with van der Waals surface area (Å²) in [4.78, 5) is 0. The van der Waals surface area contributed by atoms with Gasteiger partial charge in [0.05, 0.1) is 11.5 Å². The molecule has 3 nitrogen and oxygen atoms in total. The second kappa shape index (κ2) is 5.90. The number of halogens is 2. The first-order valence-electron chi connectivity index (χ1n) is 5.81. The van der Waals surface area contributed by atoms with Crippen molar-refractivity contribution in [3.63, 3.8) is 0 Å². The molecule has 0 aliphatic carbocycles. The average molecular weight is 353 g/mol. The lowest BCUT2D eigenvalue weighted by molar-refractivity contribution is 0.520. The van der Waals surface area contributed by atoms with Crippen LogP contribution in [0.5, 0.6) is 0 Å². The molecule has 2 rings (SSSR count). The first-order valence-corrected chi connectivity index (χ1v) is 8.80. The molecule has 18 heavy (non-hydrogen) atoms. The van der Waals surface area contributed by atoms with Crippen LogP contribution in [0.1, 0.15) is 12.0 Å². The first kappa shape index (κ1) is 14.3. The molecule has 1 aromatic rings. The van der Waals surface area contributed by atoms with Gasteiger partial charge >= 0.3 is 0 Å². The Morgan fingerprint density at radius 1 is 1.44 bits per heavy atom. The summed E-state index contributed by atoms with van der Waals surface area (Å²) in [6, 6.07) is 5.65. The molecular weight excluding hydrogens is 338 g/mol. The van der Waals surface area contributed by atoms with Crippen molar-refractivity contribution in [2.75, 3.05) is 18.1 Å². The summed E-state index contributed by atoms with van der Waals surface area (Å²) in [5.41, 5.74) is 1.09. The van der Waals surface area contributed by atoms with Crippen LogP contribution in [-0.4, -0.2) is 26.5 Å². The van der Waals surface area contributed by atoms with Gasteiger partial charge in [0.1, 0.15) is 0 Å². The number of nitrogens with one attached hydrogen (secondary N) is 1. The van der Waals surface area contributed by atoms with E-state index >= 15 is 0 Å². The molecule has 1 unspecified atom stereocenters. The van der Waals surface area contributed by atoms with Crippen molar-refractivity contribution < 1.29 is 8.42 Å². The predicted octanol–water partition coefficient (Wildman–Crippen LogP) is 2.63. The Morgan fingerprint density at radius 3 is 2.89 bits per heavy atom. The van der Waals surface area contributed by atoms with Gasteiger partial charge in [-0.2, -0.15) is 0 Å². The molecule has 0 aromatic heterocycles. The molecule has 0 amide bonds. The van der Waals surface area contributed by atoms with Crippen molar-refractivity contribution in [2.45, 2.75) is 13.0 Å². The van der Waals surface area contributed by atoms with Gasteiger partial charge in [0.15, 0.2) is 9.84 Å². The fourth-order valence-corrected chi connectivity index (χ4v) is 4.57. The third kappa shape index (κ3) is 3.95. The van der Waals surface area contributed by atoms with Crippen LogP contribution in [-0.2, 0) is 16.4 Å². The van der Waals surface area contributed by atoms with E-state index in [1.54, 1.807) is 0 Å². The lowest BCUT2D eigenvalue weighted by Crippen LogP contribution is -2.23. The molecule has 1 N–H and O–H groups in total. The molecule has 0 saturated carbocycles. The van der Waals surface area contributed by atoms with Crippen LogP contribution >= 0.6 is 27.5 Å². The molecule has 1 heterocycles. The van der Waals surface area contributed by atoms with E-state index in [0.29, 0.717) is 23.1 Å². The SMILES string of the molecule is O=S1(=O)CCC(CNCc2cc(Cl)ccc2Br)C1. The van der Waals surface area contributed by atoms with E-state index in [4.69, 9.17) is 11.6 Å². The molecule has 6 heteroatoms. The number of sulfone groups is 1. The summed E-state index contributed by atoms with van der Waals surface area (Å²) in [7, 11) is -2.78. The minimum Gasteiger partial charge on any atom is -0.312 e. The molecule has 1 aliphatic heterocycles. The molecule has 1 saturated heterocycles. The van der Waals surface area contributed by atoms with Crippen LogP contribution in [0.15, 0.2) is 22.7 Å². The number of benzene rings is 1. The smallest absolute Gasteiger partial charge is 0.150 e. The Bertz CT molecular complexity index is 533. The first-order chi connectivity index (χ1) is 8.46. The molecule has 1 aliphatic rings. The van der Waals surface area contributed by atoms with E-state index in [2.05, 4.69) is 21.2 Å². The highest BCUT2D eigenvalue weighted by Gasteiger charge is 2.27. The Hall–Kier alpha value is -0.100. The minimum absolute atomic E-state index is 0.243. The second-order valence-corrected chi connectivity index (χ2v) is 8.16. The summed E-state index contributed by atoms with van der Waals surface area (Å²) >= 11 is 9.40. The molecule has 1 atom stereocenters. The quantitative estimate of drug-likeness (QED) is 0.906. The zero-order valence-electron chi connectivity index (χ0n) is 9.83. The molecule has 1 aromatic carbocycles. The molecule has 100 valence electrons. The van der Waals surface area contributed by atoms with Crippen molar-refractivity contribution in [1.82, 2.24) is 5.32 Å². The van der Waals surface area contributed by atoms with Crippen LogP contribution in [0, 0.1) is 5.92 Å². The van der Waals surface area contributed by atoms with E-state index in [1.165, 1.54) is 0 Å². The van der Waals surface area contributed by atoms with Crippen molar-refractivity contribution in [3.05, 3.63) is 33.3 Å². The standard InChI is InChI=1S/C12H15BrClNO2S/c13-12-2-1-11(14)5-10(12)7-15-6-9-3-4-18(16,17)8-9/h1-2,5,9,15H,3-4,6-8H2. The average Bonchev–Trinajstić information content (AvgIpc) is 2.63. The summed E-state index contributed by atoms with van der Waals surface area (Å²) in [6.45, 7) is 1.43. The van der Waals surface area contributed by atoms with Crippen molar-refractivity contribution >= 4 is 37.4 Å². The fraction of sp³-hybridized carbons (Fsp3) is 0.500. The lowest BCUT2D eigenvalue weighted by Gasteiger charge is -2.10. The van der Waals surface area contributed by atoms with E-state index in [-0.39, 0.29) is 5.92 Å². The Balaban J connectivity index is 1.84. The maximum absolute atomic E-state index is 11.3. The minimum atomic E-state index is -2.78. The van der Waals surface area contributed by atoms with Gasteiger partial charge in [-0.3, -0.25) is 0 Å². The van der Waals surface area contributed by atoms with Gasteiger partial charge in [0.2, 0.25) is 0 Å². The summed E-state index contributed by atoms with van der Waals surface area (Å²) in [5, 5.41) is 4.00. The molecular formula is C12H15BrClNO2S. The zero-order chi connectivity index (χ0) is 13.2. The Morgan fingerprint density at radius 2 is 2.22 bits per heavy atom. The van der Waals surface area contributed by atoms with Crippen LogP contribution in [0.3, 0.4) is 0 Å². The van der Waals surface area contributed by atoms with E-state index in [9.17, 15) is 8.42 Å². The predicted molar refractivity (Wildman–Crippen MR) is 77.6 cm³/mol. The fourth-order valence-electron chi connectivity index (χ4n) is 2.12. The third-order valence-electron chi connectivity index (χ3n) is 3.08. The summed E-state index contributed by atoms with van der Waals surface area (Å²) in [5.74, 6) is 0.893. The van der Waals surface area contributed by atoms with E-state index in [0.717, 1.165) is 23.0 Å². The zero-order valence-corrected chi connectivity index (χ0v) is 13.0. The van der Waals surface area contributed by atoms with Gasteiger partial charge in [-0.05, 0) is 42.6 Å². The Labute approximate surface area is 121 Å². The monoisotopic (exact) mass is 351 g/mol. The number of rotatable bonds is 4. The molecule has 1 fully saturated rings. The number of hydrogen-bond donors (Lipinski definition) is 1. The van der Waals surface area contributed by atoms with Crippen molar-refractivity contribution in [2.24, 2.45) is 5.92 Å².